The second kappa shape index (κ2) is 6.21. The Hall–Kier alpha value is -2.29. The second-order valence-electron chi connectivity index (χ2n) is 5.20. The molecule has 2 aliphatic rings. The monoisotopic (exact) mass is 377 g/mol. The Morgan fingerprint density at radius 3 is 2.72 bits per heavy atom. The van der Waals surface area contributed by atoms with Crippen LogP contribution in [0, 0.1) is 5.82 Å². The molecule has 0 atom stereocenters. The fourth-order valence-electron chi connectivity index (χ4n) is 2.63. The lowest BCUT2D eigenvalue weighted by Crippen LogP contribution is -2.51. The molecule has 0 saturated carbocycles. The Kier molecular flexibility index (Phi) is 4.36. The molecule has 134 valence electrons. The Labute approximate surface area is 145 Å². The predicted octanol–water partition coefficient (Wildman–Crippen LogP) is 3.34. The molecule has 0 aromatic heterocycles. The first-order valence-corrected chi connectivity index (χ1v) is 7.68. The molecule has 0 radical (unpaired) electrons. The molecule has 25 heavy (non-hydrogen) atoms. The largest absolute Gasteiger partial charge is 0.492 e. The molecule has 1 aromatic carbocycles. The second-order valence-corrected chi connectivity index (χ2v) is 5.61. The molecular formula is C15H12ClF4N3O2. The van der Waals surface area contributed by atoms with Crippen LogP contribution in [0.2, 0.25) is 5.02 Å². The highest BCUT2D eigenvalue weighted by molar-refractivity contribution is 6.32. The van der Waals surface area contributed by atoms with E-state index in [1.54, 1.807) is 6.92 Å². The topological polar surface area (TPSA) is 45.1 Å². The number of halogens is 5. The minimum absolute atomic E-state index is 0.00991. The maximum Gasteiger partial charge on any atom is 0.431 e. The van der Waals surface area contributed by atoms with Gasteiger partial charge in [-0.15, -0.1) is 0 Å². The summed E-state index contributed by atoms with van der Waals surface area (Å²) < 4.78 is 59.0. The van der Waals surface area contributed by atoms with E-state index in [2.05, 4.69) is 4.99 Å². The standard InChI is InChI=1S/C15H12ClF4N3O2/c1-2-25-11-6-10(9(17)5-8(11)16)23-13(24)7-12(15(18,19)20)22-4-3-21-14(22)23/h5-7H,2-4H2,1H3. The Balaban J connectivity index is 2.11. The normalized spacial score (nSPS) is 17.4. The van der Waals surface area contributed by atoms with E-state index in [0.717, 1.165) is 15.9 Å². The number of guanidine groups is 1. The number of alkyl halides is 3. The van der Waals surface area contributed by atoms with Crippen molar-refractivity contribution in [2.24, 2.45) is 4.99 Å². The molecular weight excluding hydrogens is 366 g/mol. The summed E-state index contributed by atoms with van der Waals surface area (Å²) in [7, 11) is 0. The average molecular weight is 378 g/mol. The summed E-state index contributed by atoms with van der Waals surface area (Å²) in [4.78, 5) is 17.9. The van der Waals surface area contributed by atoms with E-state index >= 15 is 0 Å². The molecule has 5 nitrogen and oxygen atoms in total. The first-order valence-electron chi connectivity index (χ1n) is 7.31. The number of rotatable bonds is 3. The summed E-state index contributed by atoms with van der Waals surface area (Å²) in [5.41, 5.74) is -1.40. The van der Waals surface area contributed by atoms with Crippen LogP contribution in [0.1, 0.15) is 6.92 Å². The molecule has 1 aromatic rings. The zero-order chi connectivity index (χ0) is 18.4. The van der Waals surface area contributed by atoms with Crippen LogP contribution in [-0.2, 0) is 4.79 Å². The maximum atomic E-state index is 14.4. The number of benzene rings is 1. The number of ether oxygens (including phenoxy) is 1. The number of carbonyl (C=O) groups excluding carboxylic acids is 1. The Morgan fingerprint density at radius 2 is 2.08 bits per heavy atom. The van der Waals surface area contributed by atoms with Crippen LogP contribution in [0.3, 0.4) is 0 Å². The Morgan fingerprint density at radius 1 is 1.36 bits per heavy atom. The first kappa shape index (κ1) is 17.5. The lowest BCUT2D eigenvalue weighted by Gasteiger charge is -2.35. The first-order chi connectivity index (χ1) is 11.7. The lowest BCUT2D eigenvalue weighted by molar-refractivity contribution is -0.119. The third-order valence-corrected chi connectivity index (χ3v) is 3.92. The lowest BCUT2D eigenvalue weighted by atomic mass is 10.2. The summed E-state index contributed by atoms with van der Waals surface area (Å²) in [6, 6.07) is 2.11. The van der Waals surface area contributed by atoms with Crippen molar-refractivity contribution in [2.75, 3.05) is 24.6 Å². The van der Waals surface area contributed by atoms with E-state index in [-0.39, 0.29) is 42.1 Å². The van der Waals surface area contributed by atoms with E-state index in [9.17, 15) is 22.4 Å². The van der Waals surface area contributed by atoms with Crippen molar-refractivity contribution in [3.63, 3.8) is 0 Å². The smallest absolute Gasteiger partial charge is 0.431 e. The number of nitrogens with zero attached hydrogens (tertiary/aromatic N) is 3. The highest BCUT2D eigenvalue weighted by Crippen LogP contribution is 2.38. The van der Waals surface area contributed by atoms with Gasteiger partial charge in [0.2, 0.25) is 5.96 Å². The molecule has 3 rings (SSSR count). The van der Waals surface area contributed by atoms with Crippen molar-refractivity contribution < 1.29 is 27.1 Å². The fourth-order valence-corrected chi connectivity index (χ4v) is 2.84. The van der Waals surface area contributed by atoms with Gasteiger partial charge >= 0.3 is 6.18 Å². The van der Waals surface area contributed by atoms with Crippen molar-refractivity contribution in [1.29, 1.82) is 0 Å². The molecule has 2 aliphatic heterocycles. The zero-order valence-corrected chi connectivity index (χ0v) is 13.7. The van der Waals surface area contributed by atoms with E-state index < -0.39 is 23.6 Å². The molecule has 0 saturated heterocycles. The highest BCUT2D eigenvalue weighted by atomic mass is 35.5. The van der Waals surface area contributed by atoms with Gasteiger partial charge in [0.1, 0.15) is 17.3 Å². The van der Waals surface area contributed by atoms with Crippen LogP contribution in [0.4, 0.5) is 23.2 Å². The van der Waals surface area contributed by atoms with E-state index in [1.807, 2.05) is 0 Å². The van der Waals surface area contributed by atoms with Crippen LogP contribution in [0.15, 0.2) is 28.9 Å². The van der Waals surface area contributed by atoms with Crippen molar-refractivity contribution >= 4 is 29.2 Å². The van der Waals surface area contributed by atoms with Gasteiger partial charge in [0.25, 0.3) is 5.91 Å². The van der Waals surface area contributed by atoms with E-state index in [0.29, 0.717) is 6.08 Å². The number of amides is 1. The molecule has 2 heterocycles. The molecule has 0 N–H and O–H groups in total. The van der Waals surface area contributed by atoms with Gasteiger partial charge in [0.15, 0.2) is 0 Å². The van der Waals surface area contributed by atoms with Crippen molar-refractivity contribution in [2.45, 2.75) is 13.1 Å². The van der Waals surface area contributed by atoms with Gasteiger partial charge in [-0.2, -0.15) is 13.2 Å². The molecule has 0 fully saturated rings. The van der Waals surface area contributed by atoms with Gasteiger partial charge in [-0.05, 0) is 13.0 Å². The number of hydrogen-bond acceptors (Lipinski definition) is 4. The molecule has 10 heteroatoms. The summed E-state index contributed by atoms with van der Waals surface area (Å²) >= 11 is 5.88. The maximum absolute atomic E-state index is 14.4. The SMILES string of the molecule is CCOc1cc(N2C(=O)C=C(C(F)(F)F)N3CCN=C32)c(F)cc1Cl. The van der Waals surface area contributed by atoms with Crippen LogP contribution in [0.25, 0.3) is 0 Å². The summed E-state index contributed by atoms with van der Waals surface area (Å²) in [6.07, 6.45) is -4.29. The van der Waals surface area contributed by atoms with Crippen LogP contribution >= 0.6 is 11.6 Å². The predicted molar refractivity (Wildman–Crippen MR) is 83.2 cm³/mol. The fraction of sp³-hybridized carbons (Fsp3) is 0.333. The molecule has 0 spiro atoms. The van der Waals surface area contributed by atoms with Crippen molar-refractivity contribution in [3.8, 4) is 5.75 Å². The van der Waals surface area contributed by atoms with Gasteiger partial charge in [-0.3, -0.25) is 9.79 Å². The number of hydrogen-bond donors (Lipinski definition) is 0. The van der Waals surface area contributed by atoms with Gasteiger partial charge in [-0.1, -0.05) is 11.6 Å². The van der Waals surface area contributed by atoms with E-state index in [1.165, 1.54) is 6.07 Å². The third-order valence-electron chi connectivity index (χ3n) is 3.62. The number of fused-ring (bicyclic) bond motifs is 1. The number of allylic oxidation sites excluding steroid dienone is 1. The summed E-state index contributed by atoms with van der Waals surface area (Å²) in [5, 5.41) is -0.00991. The molecule has 0 bridgehead atoms. The zero-order valence-electron chi connectivity index (χ0n) is 12.9. The van der Waals surface area contributed by atoms with Gasteiger partial charge in [0, 0.05) is 18.7 Å². The van der Waals surface area contributed by atoms with Gasteiger partial charge < -0.3 is 9.64 Å². The van der Waals surface area contributed by atoms with Crippen molar-refractivity contribution in [1.82, 2.24) is 4.90 Å². The van der Waals surface area contributed by atoms with Crippen molar-refractivity contribution in [3.05, 3.63) is 34.7 Å². The van der Waals surface area contributed by atoms with Crippen LogP contribution in [-0.4, -0.2) is 42.6 Å². The summed E-state index contributed by atoms with van der Waals surface area (Å²) in [6.45, 7) is 1.93. The number of anilines is 1. The minimum atomic E-state index is -4.72. The molecule has 0 unspecified atom stereocenters. The molecule has 1 amide bonds. The van der Waals surface area contributed by atoms with Gasteiger partial charge in [0.05, 0.1) is 23.9 Å². The molecule has 0 aliphatic carbocycles. The number of carbonyl (C=O) groups is 1. The quantitative estimate of drug-likeness (QED) is 0.759. The summed E-state index contributed by atoms with van der Waals surface area (Å²) in [5.74, 6) is -2.08. The average Bonchev–Trinajstić information content (AvgIpc) is 2.98. The van der Waals surface area contributed by atoms with Gasteiger partial charge in [-0.25, -0.2) is 9.29 Å². The number of aliphatic imine (C=N–C) groups is 1. The van der Waals surface area contributed by atoms with E-state index in [4.69, 9.17) is 16.3 Å². The Bertz CT molecular complexity index is 792. The minimum Gasteiger partial charge on any atom is -0.492 e. The van der Waals surface area contributed by atoms with Crippen LogP contribution < -0.4 is 9.64 Å². The highest BCUT2D eigenvalue weighted by Gasteiger charge is 2.47. The van der Waals surface area contributed by atoms with Crippen LogP contribution in [0.5, 0.6) is 5.75 Å². The third kappa shape index (κ3) is 3.04.